The fourth-order valence-electron chi connectivity index (χ4n) is 5.52. The Morgan fingerprint density at radius 2 is 2.00 bits per heavy atom. The number of aliphatic hydroxyl groups is 3. The van der Waals surface area contributed by atoms with Crippen LogP contribution in [-0.2, 0) is 17.6 Å². The summed E-state index contributed by atoms with van der Waals surface area (Å²) in [6, 6.07) is 6.15. The van der Waals surface area contributed by atoms with E-state index in [1.165, 1.54) is 11.1 Å². The van der Waals surface area contributed by atoms with Crippen LogP contribution in [0, 0.1) is 5.92 Å². The van der Waals surface area contributed by atoms with Gasteiger partial charge in [-0.05, 0) is 42.9 Å². The number of benzene rings is 1. The van der Waals surface area contributed by atoms with E-state index in [0.29, 0.717) is 12.6 Å². The van der Waals surface area contributed by atoms with Crippen molar-refractivity contribution in [3.8, 4) is 0 Å². The van der Waals surface area contributed by atoms with Gasteiger partial charge in [0.25, 0.3) is 0 Å². The molecule has 7 heteroatoms. The molecule has 5 rings (SSSR count). The maximum atomic E-state index is 10.9. The molecule has 3 saturated heterocycles. The summed E-state index contributed by atoms with van der Waals surface area (Å²) in [7, 11) is 0. The number of aliphatic hydroxyl groups excluding tert-OH is 3. The highest BCUT2D eigenvalue weighted by Gasteiger charge is 2.53. The van der Waals surface area contributed by atoms with Crippen molar-refractivity contribution in [1.29, 1.82) is 0 Å². The van der Waals surface area contributed by atoms with Crippen molar-refractivity contribution in [2.24, 2.45) is 5.92 Å². The first-order valence-corrected chi connectivity index (χ1v) is 10.6. The lowest BCUT2D eigenvalue weighted by Gasteiger charge is -2.41. The second-order valence-electron chi connectivity index (χ2n) is 8.99. The topological polar surface area (TPSA) is 97.2 Å². The molecule has 1 aliphatic carbocycles. The molecule has 0 bridgehead atoms. The van der Waals surface area contributed by atoms with Crippen molar-refractivity contribution in [2.75, 3.05) is 13.2 Å². The Hall–Kier alpha value is -1.32. The van der Waals surface area contributed by atoms with Gasteiger partial charge in [-0.3, -0.25) is 15.5 Å². The third kappa shape index (κ3) is 3.16. The van der Waals surface area contributed by atoms with Gasteiger partial charge in [-0.25, -0.2) is 0 Å². The molecule has 29 heavy (non-hydrogen) atoms. The number of likely N-dealkylation sites (tertiary alicyclic amines) is 1. The molecule has 0 spiro atoms. The van der Waals surface area contributed by atoms with Crippen LogP contribution in [0.2, 0.25) is 0 Å². The van der Waals surface area contributed by atoms with Gasteiger partial charge in [-0.2, -0.15) is 0 Å². The number of nitrogens with one attached hydrogen (secondary N) is 2. The van der Waals surface area contributed by atoms with Crippen LogP contribution >= 0.6 is 0 Å². The zero-order valence-electron chi connectivity index (χ0n) is 16.8. The standard InChI is InChI=1S/C22H31N3O4/c1-11(2)16-15-7-8-25(21(15)24-10-23-16)22-19(28)18(27)20(29-22)17(26)14-6-4-12-3-5-13(12)9-14/h4,6,9,15-24,26-28H,1,3,5,7-8,10H2,2H3/t15?,16?,17-,18+,19-,20-,21?,22-/m1/s1. The number of aryl methyl sites for hydroxylation is 2. The molecular formula is C22H31N3O4. The fraction of sp³-hybridized carbons (Fsp3) is 0.636. The number of rotatable bonds is 4. The summed E-state index contributed by atoms with van der Waals surface area (Å²) in [4.78, 5) is 2.10. The van der Waals surface area contributed by atoms with Crippen LogP contribution < -0.4 is 10.6 Å². The van der Waals surface area contributed by atoms with E-state index in [1.54, 1.807) is 0 Å². The normalized spacial score (nSPS) is 40.2. The number of hydrogen-bond donors (Lipinski definition) is 5. The van der Waals surface area contributed by atoms with Gasteiger partial charge < -0.3 is 20.1 Å². The highest BCUT2D eigenvalue weighted by molar-refractivity contribution is 5.39. The van der Waals surface area contributed by atoms with E-state index in [-0.39, 0.29) is 12.2 Å². The van der Waals surface area contributed by atoms with E-state index in [1.807, 2.05) is 25.1 Å². The van der Waals surface area contributed by atoms with E-state index in [2.05, 4.69) is 22.1 Å². The Kier molecular flexibility index (Phi) is 5.03. The molecule has 7 nitrogen and oxygen atoms in total. The van der Waals surface area contributed by atoms with Crippen molar-refractivity contribution in [1.82, 2.24) is 15.5 Å². The molecule has 0 saturated carbocycles. The minimum atomic E-state index is -1.14. The maximum absolute atomic E-state index is 10.9. The third-order valence-corrected chi connectivity index (χ3v) is 7.22. The SMILES string of the molecule is C=C(C)C1NCNC2C1CCN2[C@@H]1O[C@H]([C@H](O)c2ccc3c(c2)CC3)[C@@H](O)[C@H]1O. The molecule has 158 valence electrons. The van der Waals surface area contributed by atoms with E-state index in [0.717, 1.165) is 36.9 Å². The highest BCUT2D eigenvalue weighted by Crippen LogP contribution is 2.39. The molecular weight excluding hydrogens is 370 g/mol. The van der Waals surface area contributed by atoms with Crippen LogP contribution in [0.3, 0.4) is 0 Å². The Morgan fingerprint density at radius 3 is 2.69 bits per heavy atom. The molecule has 5 N–H and O–H groups in total. The Morgan fingerprint density at radius 1 is 1.21 bits per heavy atom. The second kappa shape index (κ2) is 7.42. The fourth-order valence-corrected chi connectivity index (χ4v) is 5.52. The quantitative estimate of drug-likeness (QED) is 0.454. The summed E-state index contributed by atoms with van der Waals surface area (Å²) >= 11 is 0. The molecule has 3 heterocycles. The summed E-state index contributed by atoms with van der Waals surface area (Å²) in [5.41, 5.74) is 4.41. The minimum Gasteiger partial charge on any atom is -0.387 e. The van der Waals surface area contributed by atoms with E-state index >= 15 is 0 Å². The highest BCUT2D eigenvalue weighted by atomic mass is 16.6. The summed E-state index contributed by atoms with van der Waals surface area (Å²) in [5, 5.41) is 39.3. The van der Waals surface area contributed by atoms with Gasteiger partial charge in [0.15, 0.2) is 0 Å². The summed E-state index contributed by atoms with van der Waals surface area (Å²) in [6.45, 7) is 7.56. The van der Waals surface area contributed by atoms with Crippen molar-refractivity contribution < 1.29 is 20.1 Å². The monoisotopic (exact) mass is 401 g/mol. The molecule has 1 aromatic carbocycles. The average molecular weight is 402 g/mol. The molecule has 8 atom stereocenters. The van der Waals surface area contributed by atoms with Gasteiger partial charge in [0.1, 0.15) is 30.6 Å². The van der Waals surface area contributed by atoms with Crippen molar-refractivity contribution >= 4 is 0 Å². The molecule has 3 unspecified atom stereocenters. The molecule has 1 aromatic rings. The lowest BCUT2D eigenvalue weighted by atomic mass is 9.85. The molecule has 0 aromatic heterocycles. The number of hydrogen-bond acceptors (Lipinski definition) is 7. The largest absolute Gasteiger partial charge is 0.387 e. The Labute approximate surface area is 171 Å². The Bertz CT molecular complexity index is 802. The average Bonchev–Trinajstić information content (AvgIpc) is 3.23. The first-order valence-electron chi connectivity index (χ1n) is 10.6. The molecule has 3 aliphatic heterocycles. The van der Waals surface area contributed by atoms with Gasteiger partial charge in [0.2, 0.25) is 0 Å². The van der Waals surface area contributed by atoms with Gasteiger partial charge in [0, 0.05) is 25.2 Å². The summed E-state index contributed by atoms with van der Waals surface area (Å²) < 4.78 is 6.11. The smallest absolute Gasteiger partial charge is 0.141 e. The van der Waals surface area contributed by atoms with Gasteiger partial charge in [0.05, 0.1) is 6.17 Å². The Balaban J connectivity index is 1.33. The van der Waals surface area contributed by atoms with Crippen LogP contribution in [0.25, 0.3) is 0 Å². The maximum Gasteiger partial charge on any atom is 0.141 e. The minimum absolute atomic E-state index is 0.0391. The number of ether oxygens (including phenoxy) is 1. The molecule has 4 aliphatic rings. The predicted octanol–water partition coefficient (Wildman–Crippen LogP) is 0.00830. The van der Waals surface area contributed by atoms with Gasteiger partial charge in [-0.15, -0.1) is 0 Å². The van der Waals surface area contributed by atoms with Gasteiger partial charge >= 0.3 is 0 Å². The number of nitrogens with zero attached hydrogens (tertiary/aromatic N) is 1. The zero-order valence-corrected chi connectivity index (χ0v) is 16.8. The zero-order chi connectivity index (χ0) is 20.3. The third-order valence-electron chi connectivity index (χ3n) is 7.22. The molecule has 3 fully saturated rings. The van der Waals surface area contributed by atoms with Crippen LogP contribution in [0.5, 0.6) is 0 Å². The predicted molar refractivity (Wildman–Crippen MR) is 108 cm³/mol. The lowest BCUT2D eigenvalue weighted by Crippen LogP contribution is -2.62. The molecule has 0 radical (unpaired) electrons. The van der Waals surface area contributed by atoms with Crippen LogP contribution in [-0.4, -0.2) is 70.2 Å². The van der Waals surface area contributed by atoms with E-state index < -0.39 is 30.6 Å². The van der Waals surface area contributed by atoms with Crippen molar-refractivity contribution in [3.05, 3.63) is 47.0 Å². The van der Waals surface area contributed by atoms with Crippen LogP contribution in [0.4, 0.5) is 0 Å². The van der Waals surface area contributed by atoms with Crippen molar-refractivity contribution in [2.45, 2.75) is 69.0 Å². The summed E-state index contributed by atoms with van der Waals surface area (Å²) in [6.07, 6.45) is -1.60. The van der Waals surface area contributed by atoms with Crippen LogP contribution in [0.15, 0.2) is 30.4 Å². The van der Waals surface area contributed by atoms with Crippen LogP contribution in [0.1, 0.15) is 36.1 Å². The second-order valence-corrected chi connectivity index (χ2v) is 8.99. The molecule has 0 amide bonds. The first kappa shape index (κ1) is 19.6. The van der Waals surface area contributed by atoms with E-state index in [9.17, 15) is 15.3 Å². The van der Waals surface area contributed by atoms with E-state index in [4.69, 9.17) is 4.74 Å². The summed E-state index contributed by atoms with van der Waals surface area (Å²) in [5.74, 6) is 0.325. The first-order chi connectivity index (χ1) is 14.0. The lowest BCUT2D eigenvalue weighted by molar-refractivity contribution is -0.127. The number of fused-ring (bicyclic) bond motifs is 2. The van der Waals surface area contributed by atoms with Gasteiger partial charge in [-0.1, -0.05) is 30.4 Å². The van der Waals surface area contributed by atoms with Crippen molar-refractivity contribution in [3.63, 3.8) is 0 Å².